The molecule has 0 aromatic rings. The second-order valence-electron chi connectivity index (χ2n) is 1.73. The van der Waals surface area contributed by atoms with E-state index < -0.39 is 0 Å². The van der Waals surface area contributed by atoms with E-state index in [1.54, 1.807) is 0 Å². The Morgan fingerprint density at radius 1 is 0.714 bits per heavy atom. The molecule has 0 unspecified atom stereocenters. The minimum absolute atomic E-state index is 0. The van der Waals surface area contributed by atoms with E-state index in [1.807, 2.05) is 0 Å². The second kappa shape index (κ2) is 16.9. The highest BCUT2D eigenvalue weighted by Crippen LogP contribution is 1.68. The molecule has 7 heavy (non-hydrogen) atoms. The molecule has 0 saturated carbocycles. The van der Waals surface area contributed by atoms with Crippen molar-refractivity contribution in [3.63, 3.8) is 0 Å². The summed E-state index contributed by atoms with van der Waals surface area (Å²) in [6.07, 6.45) is 0. The number of hydrogen-bond donors (Lipinski definition) is 0. The molecule has 0 spiro atoms. The van der Waals surface area contributed by atoms with Crippen molar-refractivity contribution in [1.82, 2.24) is 0 Å². The Kier molecular flexibility index (Phi) is 69.7. The van der Waals surface area contributed by atoms with Gasteiger partial charge in [0.2, 0.25) is 0 Å². The fourth-order valence-electron chi connectivity index (χ4n) is 0. The molecule has 0 radical (unpaired) electrons. The van der Waals surface area contributed by atoms with Crippen molar-refractivity contribution in [1.29, 1.82) is 0 Å². The van der Waals surface area contributed by atoms with Gasteiger partial charge in [-0.05, 0) is 0 Å². The molecule has 0 heterocycles. The van der Waals surface area contributed by atoms with E-state index in [2.05, 4.69) is 20.5 Å². The summed E-state index contributed by atoms with van der Waals surface area (Å²) in [6, 6.07) is 0. The molecule has 0 aliphatic heterocycles. The van der Waals surface area contributed by atoms with Crippen LogP contribution in [0.15, 0.2) is 0 Å². The van der Waals surface area contributed by atoms with Gasteiger partial charge in [-0.15, -0.1) is 0 Å². The third-order valence-corrected chi connectivity index (χ3v) is 0. The maximum atomic E-state index is 2.17. The van der Waals surface area contributed by atoms with Gasteiger partial charge < -0.3 is 0 Å². The Hall–Kier alpha value is -0.145. The Morgan fingerprint density at radius 3 is 0.714 bits per heavy atom. The highest BCUT2D eigenvalue weighted by Gasteiger charge is 1.76. The van der Waals surface area contributed by atoms with Gasteiger partial charge in [0.15, 0.2) is 0 Å². The zero-order chi connectivity index (χ0) is 3.58. The standard InChI is InChI=1S/C3H9B.3FH/c1-4(2)3;;;/h1-3H3;3*1H. The SMILES string of the molecule is CB(C)C.F.F.F. The smallest absolute Gasteiger partial charge is 0.130 e. The molecule has 0 nitrogen and oxygen atoms in total. The van der Waals surface area contributed by atoms with Gasteiger partial charge in [-0.2, -0.15) is 0 Å². The molecule has 0 aliphatic rings. The molecule has 48 valence electrons. The molecular formula is C3H12BF3. The molecule has 4 heteroatoms. The van der Waals surface area contributed by atoms with Crippen LogP contribution in [-0.2, 0) is 0 Å². The van der Waals surface area contributed by atoms with Gasteiger partial charge in [-0.1, -0.05) is 20.5 Å². The molecule has 0 bridgehead atoms. The topological polar surface area (TPSA) is 0 Å². The average molecular weight is 116 g/mol. The Labute approximate surface area is 42.5 Å². The summed E-state index contributed by atoms with van der Waals surface area (Å²) in [6.45, 7) is 7.33. The average Bonchev–Trinajstić information content (AvgIpc) is 0.811. The largest absolute Gasteiger partial charge is 0.269 e. The fraction of sp³-hybridized carbons (Fsp3) is 1.00. The van der Waals surface area contributed by atoms with Crippen LogP contribution in [0, 0.1) is 0 Å². The third kappa shape index (κ3) is 4130. The number of halogens is 3. The van der Waals surface area contributed by atoms with Crippen molar-refractivity contribution >= 4 is 6.71 Å². The molecule has 0 rings (SSSR count). The first-order chi connectivity index (χ1) is 1.73. The van der Waals surface area contributed by atoms with E-state index in [4.69, 9.17) is 0 Å². The molecule has 0 aliphatic carbocycles. The van der Waals surface area contributed by atoms with Crippen molar-refractivity contribution in [3.05, 3.63) is 0 Å². The van der Waals surface area contributed by atoms with Crippen LogP contribution in [-0.4, -0.2) is 6.71 Å². The summed E-state index contributed by atoms with van der Waals surface area (Å²) in [5.74, 6) is 0. The molecule has 0 fully saturated rings. The van der Waals surface area contributed by atoms with Gasteiger partial charge in [0, 0.05) is 0 Å². The molecule has 0 atom stereocenters. The van der Waals surface area contributed by atoms with Crippen LogP contribution in [0.3, 0.4) is 0 Å². The zero-order valence-corrected chi connectivity index (χ0v) is 4.80. The summed E-state index contributed by atoms with van der Waals surface area (Å²) in [5, 5.41) is 0. The van der Waals surface area contributed by atoms with Gasteiger partial charge in [-0.3, -0.25) is 14.1 Å². The highest BCUT2D eigenvalue weighted by molar-refractivity contribution is 6.54. The van der Waals surface area contributed by atoms with E-state index in [1.165, 1.54) is 0 Å². The van der Waals surface area contributed by atoms with Crippen molar-refractivity contribution in [2.45, 2.75) is 20.5 Å². The predicted octanol–water partition coefficient (Wildman–Crippen LogP) is 1.83. The van der Waals surface area contributed by atoms with E-state index in [9.17, 15) is 0 Å². The van der Waals surface area contributed by atoms with Crippen LogP contribution in [0.5, 0.6) is 0 Å². The maximum Gasteiger partial charge on any atom is 0.130 e. The Balaban J connectivity index is -0.0000000150. The molecule has 0 saturated heterocycles. The molecule has 0 N–H and O–H groups in total. The lowest BCUT2D eigenvalue weighted by atomic mass is 9.58. The van der Waals surface area contributed by atoms with E-state index in [0.29, 0.717) is 0 Å². The lowest BCUT2D eigenvalue weighted by molar-refractivity contribution is 1.11. The minimum atomic E-state index is 0. The quantitative estimate of drug-likeness (QED) is 0.423. The molecular weight excluding hydrogens is 104 g/mol. The predicted molar refractivity (Wildman–Crippen MR) is 30.9 cm³/mol. The first kappa shape index (κ1) is 28.8. The molecule has 0 amide bonds. The first-order valence-electron chi connectivity index (χ1n) is 1.73. The lowest BCUT2D eigenvalue weighted by Gasteiger charge is -1.71. The lowest BCUT2D eigenvalue weighted by Crippen LogP contribution is -1.84. The summed E-state index contributed by atoms with van der Waals surface area (Å²) in [4.78, 5) is 0. The maximum absolute atomic E-state index is 2.17. The van der Waals surface area contributed by atoms with Crippen LogP contribution >= 0.6 is 0 Å². The van der Waals surface area contributed by atoms with Gasteiger partial charge in [-0.25, -0.2) is 0 Å². The highest BCUT2D eigenvalue weighted by atomic mass is 19.0. The molecule has 0 aromatic carbocycles. The van der Waals surface area contributed by atoms with E-state index in [-0.39, 0.29) is 14.1 Å². The zero-order valence-electron chi connectivity index (χ0n) is 4.80. The Bertz CT molecular complexity index is 14.9. The first-order valence-corrected chi connectivity index (χ1v) is 1.73. The fourth-order valence-corrected chi connectivity index (χ4v) is 0. The molecule has 0 aromatic heterocycles. The van der Waals surface area contributed by atoms with Crippen molar-refractivity contribution in [2.24, 2.45) is 0 Å². The normalized spacial score (nSPS) is 3.86. The van der Waals surface area contributed by atoms with Crippen molar-refractivity contribution in [2.75, 3.05) is 0 Å². The van der Waals surface area contributed by atoms with Crippen molar-refractivity contribution in [3.8, 4) is 0 Å². The minimum Gasteiger partial charge on any atom is -0.269 e. The monoisotopic (exact) mass is 116 g/mol. The summed E-state index contributed by atoms with van der Waals surface area (Å²) in [5.41, 5.74) is 0. The van der Waals surface area contributed by atoms with Crippen LogP contribution in [0.4, 0.5) is 14.1 Å². The summed E-state index contributed by atoms with van der Waals surface area (Å²) >= 11 is 0. The summed E-state index contributed by atoms with van der Waals surface area (Å²) in [7, 11) is 0. The van der Waals surface area contributed by atoms with Gasteiger partial charge in [0.1, 0.15) is 6.71 Å². The van der Waals surface area contributed by atoms with Gasteiger partial charge in [0.05, 0.1) is 0 Å². The van der Waals surface area contributed by atoms with Crippen LogP contribution < -0.4 is 0 Å². The van der Waals surface area contributed by atoms with Crippen molar-refractivity contribution < 1.29 is 14.1 Å². The third-order valence-electron chi connectivity index (χ3n) is 0. The van der Waals surface area contributed by atoms with Gasteiger partial charge >= 0.3 is 0 Å². The van der Waals surface area contributed by atoms with Crippen LogP contribution in [0.2, 0.25) is 20.5 Å². The van der Waals surface area contributed by atoms with Crippen LogP contribution in [0.25, 0.3) is 0 Å². The van der Waals surface area contributed by atoms with E-state index in [0.717, 1.165) is 6.71 Å². The number of rotatable bonds is 0. The van der Waals surface area contributed by atoms with Crippen LogP contribution in [0.1, 0.15) is 0 Å². The number of hydrogen-bond acceptors (Lipinski definition) is 0. The van der Waals surface area contributed by atoms with Gasteiger partial charge in [0.25, 0.3) is 0 Å². The summed E-state index contributed by atoms with van der Waals surface area (Å²) < 4.78 is 0. The van der Waals surface area contributed by atoms with E-state index >= 15 is 0 Å². The second-order valence-corrected chi connectivity index (χ2v) is 1.73. The Morgan fingerprint density at radius 2 is 0.714 bits per heavy atom.